The van der Waals surface area contributed by atoms with Crippen molar-refractivity contribution in [1.29, 1.82) is 0 Å². The average molecular weight is 522 g/mol. The number of carbonyl (C=O) groups is 1. The summed E-state index contributed by atoms with van der Waals surface area (Å²) in [6.45, 7) is 10.3. The van der Waals surface area contributed by atoms with Gasteiger partial charge in [-0.1, -0.05) is 49.6 Å². The fourth-order valence-corrected chi connectivity index (χ4v) is 4.20. The number of pyridine rings is 1. The Balaban J connectivity index is 2.00. The van der Waals surface area contributed by atoms with Crippen LogP contribution in [0.5, 0.6) is 0 Å². The van der Waals surface area contributed by atoms with Gasteiger partial charge in [0.05, 0.1) is 23.6 Å². The Morgan fingerprint density at radius 1 is 1.21 bits per heavy atom. The molecule has 1 unspecified atom stereocenters. The zero-order valence-corrected chi connectivity index (χ0v) is 22.2. The van der Waals surface area contributed by atoms with E-state index in [9.17, 15) is 4.79 Å². The maximum Gasteiger partial charge on any atom is 0.252 e. The molecule has 1 N–H and O–H groups in total. The molecule has 3 rings (SSSR count). The number of amides is 1. The van der Waals surface area contributed by atoms with Gasteiger partial charge in [0.2, 0.25) is 0 Å². The third kappa shape index (κ3) is 6.11. The molecule has 0 aliphatic carbocycles. The molecule has 0 saturated carbocycles. The van der Waals surface area contributed by atoms with Crippen LogP contribution in [0.15, 0.2) is 65.0 Å². The molecule has 0 saturated heterocycles. The molecule has 0 aliphatic rings. The smallest absolute Gasteiger partial charge is 0.252 e. The monoisotopic (exact) mass is 520 g/mol. The molecule has 3 aromatic rings. The van der Waals surface area contributed by atoms with Gasteiger partial charge in [0.15, 0.2) is 0 Å². The summed E-state index contributed by atoms with van der Waals surface area (Å²) in [5.74, 6) is -0.110. The van der Waals surface area contributed by atoms with E-state index in [0.717, 1.165) is 46.4 Å². The highest BCUT2D eigenvalue weighted by Gasteiger charge is 2.22. The fraction of sp³-hybridized carbons (Fsp3) is 0.321. The SMILES string of the molecule is C/C=C(/C(=O)NC(CCC)c1ccnc(Br)c1)c1cnn(-c2ccc(C)cc2)c1/C=C(\C)CC. The summed E-state index contributed by atoms with van der Waals surface area (Å²) in [6.07, 6.45) is 10.3. The van der Waals surface area contributed by atoms with Crippen molar-refractivity contribution >= 4 is 33.5 Å². The van der Waals surface area contributed by atoms with Gasteiger partial charge >= 0.3 is 0 Å². The van der Waals surface area contributed by atoms with Gasteiger partial charge in [0.25, 0.3) is 5.91 Å². The average Bonchev–Trinajstić information content (AvgIpc) is 3.22. The number of rotatable bonds is 9. The lowest BCUT2D eigenvalue weighted by Crippen LogP contribution is -2.29. The van der Waals surface area contributed by atoms with Crippen LogP contribution in [-0.4, -0.2) is 20.7 Å². The Morgan fingerprint density at radius 2 is 1.94 bits per heavy atom. The Hall–Kier alpha value is -2.99. The first-order valence-corrected chi connectivity index (χ1v) is 12.6. The molecule has 0 bridgehead atoms. The highest BCUT2D eigenvalue weighted by Crippen LogP contribution is 2.27. The maximum atomic E-state index is 13.6. The van der Waals surface area contributed by atoms with Gasteiger partial charge < -0.3 is 5.32 Å². The molecular formula is C28H33BrN4O. The molecule has 0 aliphatic heterocycles. The number of nitrogens with one attached hydrogen (secondary N) is 1. The standard InChI is InChI=1S/C28H33BrN4O/c1-6-9-25(21-14-15-30-27(29)17-21)32-28(34)23(8-3)24-18-31-33(26(24)16-19(4)7-2)22-12-10-20(5)11-13-22/h8,10-18,25H,6-7,9H2,1-5H3,(H,32,34)/b19-16+,23-8+. The van der Waals surface area contributed by atoms with Gasteiger partial charge in [-0.15, -0.1) is 0 Å². The second-order valence-corrected chi connectivity index (χ2v) is 9.28. The van der Waals surface area contributed by atoms with Crippen molar-refractivity contribution < 1.29 is 4.79 Å². The van der Waals surface area contributed by atoms with Crippen LogP contribution in [0.4, 0.5) is 0 Å². The number of allylic oxidation sites excluding steroid dienone is 2. The van der Waals surface area contributed by atoms with Gasteiger partial charge in [-0.2, -0.15) is 5.10 Å². The van der Waals surface area contributed by atoms with Crippen LogP contribution in [0, 0.1) is 6.92 Å². The normalized spacial score (nSPS) is 13.1. The minimum absolute atomic E-state index is 0.102. The second kappa shape index (κ2) is 11.9. The second-order valence-electron chi connectivity index (χ2n) is 8.46. The third-order valence-corrected chi connectivity index (χ3v) is 6.32. The van der Waals surface area contributed by atoms with E-state index in [1.165, 1.54) is 11.1 Å². The lowest BCUT2D eigenvalue weighted by Gasteiger charge is -2.20. The maximum absolute atomic E-state index is 13.6. The van der Waals surface area contributed by atoms with Gasteiger partial charge in [0.1, 0.15) is 4.60 Å². The first kappa shape index (κ1) is 25.6. The first-order valence-electron chi connectivity index (χ1n) is 11.8. The Bertz CT molecular complexity index is 1190. The van der Waals surface area contributed by atoms with Crippen molar-refractivity contribution in [2.24, 2.45) is 0 Å². The van der Waals surface area contributed by atoms with E-state index in [1.54, 1.807) is 12.4 Å². The number of benzene rings is 1. The van der Waals surface area contributed by atoms with Crippen LogP contribution in [0.2, 0.25) is 0 Å². The molecular weight excluding hydrogens is 488 g/mol. The predicted octanol–water partition coefficient (Wildman–Crippen LogP) is 7.21. The number of aromatic nitrogens is 3. The Labute approximate surface area is 211 Å². The number of hydrogen-bond donors (Lipinski definition) is 1. The number of nitrogens with zero attached hydrogens (tertiary/aromatic N) is 3. The molecule has 0 fully saturated rings. The summed E-state index contributed by atoms with van der Waals surface area (Å²) >= 11 is 3.44. The zero-order valence-electron chi connectivity index (χ0n) is 20.6. The van der Waals surface area contributed by atoms with Crippen molar-refractivity contribution in [1.82, 2.24) is 20.1 Å². The molecule has 1 atom stereocenters. The van der Waals surface area contributed by atoms with Crippen molar-refractivity contribution in [3.8, 4) is 5.69 Å². The van der Waals surface area contributed by atoms with Gasteiger partial charge in [0, 0.05) is 17.3 Å². The van der Waals surface area contributed by atoms with Crippen LogP contribution < -0.4 is 5.32 Å². The highest BCUT2D eigenvalue weighted by atomic mass is 79.9. The van der Waals surface area contributed by atoms with Crippen LogP contribution >= 0.6 is 15.9 Å². The lowest BCUT2D eigenvalue weighted by atomic mass is 10.00. The van der Waals surface area contributed by atoms with Gasteiger partial charge in [-0.3, -0.25) is 4.79 Å². The van der Waals surface area contributed by atoms with E-state index in [0.29, 0.717) is 5.57 Å². The Morgan fingerprint density at radius 3 is 2.56 bits per heavy atom. The van der Waals surface area contributed by atoms with Crippen molar-refractivity contribution in [2.45, 2.75) is 59.9 Å². The van der Waals surface area contributed by atoms with E-state index >= 15 is 0 Å². The Kier molecular flexibility index (Phi) is 8.99. The largest absolute Gasteiger partial charge is 0.345 e. The number of carbonyl (C=O) groups excluding carboxylic acids is 1. The molecule has 6 heteroatoms. The van der Waals surface area contributed by atoms with E-state index < -0.39 is 0 Å². The first-order chi connectivity index (χ1) is 16.4. The molecule has 178 valence electrons. The van der Waals surface area contributed by atoms with Crippen LogP contribution in [0.25, 0.3) is 17.3 Å². The topological polar surface area (TPSA) is 59.8 Å². The summed E-state index contributed by atoms with van der Waals surface area (Å²) in [7, 11) is 0. The van der Waals surface area contributed by atoms with E-state index in [2.05, 4.69) is 89.4 Å². The van der Waals surface area contributed by atoms with Gasteiger partial charge in [-0.25, -0.2) is 9.67 Å². The molecule has 0 radical (unpaired) electrons. The summed E-state index contributed by atoms with van der Waals surface area (Å²) in [5, 5.41) is 7.93. The molecule has 2 heterocycles. The van der Waals surface area contributed by atoms with Crippen molar-refractivity contribution in [3.05, 3.63) is 87.4 Å². The summed E-state index contributed by atoms with van der Waals surface area (Å²) < 4.78 is 2.67. The van der Waals surface area contributed by atoms with Gasteiger partial charge in [-0.05, 0) is 85.4 Å². The zero-order chi connectivity index (χ0) is 24.7. The fourth-order valence-electron chi connectivity index (χ4n) is 3.82. The quantitative estimate of drug-likeness (QED) is 0.239. The van der Waals surface area contributed by atoms with Crippen LogP contribution in [0.3, 0.4) is 0 Å². The number of halogens is 1. The summed E-state index contributed by atoms with van der Waals surface area (Å²) in [4.78, 5) is 17.8. The highest BCUT2D eigenvalue weighted by molar-refractivity contribution is 9.10. The van der Waals surface area contributed by atoms with Crippen molar-refractivity contribution in [2.75, 3.05) is 0 Å². The predicted molar refractivity (Wildman–Crippen MR) is 144 cm³/mol. The number of aryl methyl sites for hydroxylation is 1. The lowest BCUT2D eigenvalue weighted by molar-refractivity contribution is -0.116. The molecule has 2 aromatic heterocycles. The van der Waals surface area contributed by atoms with Crippen molar-refractivity contribution in [3.63, 3.8) is 0 Å². The van der Waals surface area contributed by atoms with Crippen LogP contribution in [-0.2, 0) is 4.79 Å². The van der Waals surface area contributed by atoms with E-state index in [1.807, 2.05) is 29.8 Å². The van der Waals surface area contributed by atoms with Crippen LogP contribution in [0.1, 0.15) is 75.4 Å². The molecule has 1 aromatic carbocycles. The number of hydrogen-bond acceptors (Lipinski definition) is 3. The third-order valence-electron chi connectivity index (χ3n) is 5.88. The molecule has 1 amide bonds. The van der Waals surface area contributed by atoms with E-state index in [-0.39, 0.29) is 11.9 Å². The summed E-state index contributed by atoms with van der Waals surface area (Å²) in [6, 6.07) is 12.1. The minimum atomic E-state index is -0.110. The molecule has 5 nitrogen and oxygen atoms in total. The van der Waals surface area contributed by atoms with E-state index in [4.69, 9.17) is 0 Å². The minimum Gasteiger partial charge on any atom is -0.345 e. The molecule has 34 heavy (non-hydrogen) atoms. The molecule has 0 spiro atoms. The summed E-state index contributed by atoms with van der Waals surface area (Å²) in [5.41, 5.74) is 6.75.